The van der Waals surface area contributed by atoms with E-state index in [0.29, 0.717) is 13.0 Å². The zero-order valence-electron chi connectivity index (χ0n) is 15.8. The molecule has 0 bridgehead atoms. The first-order chi connectivity index (χ1) is 13.5. The molecular formula is C21H21BF2N3O. The summed E-state index contributed by atoms with van der Waals surface area (Å²) in [5, 5.41) is 0. The Balaban J connectivity index is 1.79. The van der Waals surface area contributed by atoms with Gasteiger partial charge in [-0.05, 0) is 55.3 Å². The van der Waals surface area contributed by atoms with Crippen molar-refractivity contribution in [3.05, 3.63) is 70.4 Å². The summed E-state index contributed by atoms with van der Waals surface area (Å²) < 4.78 is 37.3. The van der Waals surface area contributed by atoms with Gasteiger partial charge in [0.1, 0.15) is 6.21 Å². The molecule has 1 aromatic carbocycles. The standard InChI is InChI=1S/C21H21BF2N3O/c1-14-12-16(7-5-15-6-8-18(23)20(13-15)28-2)27-21(14)17(9-10-25)19-4-3-11-26(19)22(27)24/h3-8,11-13H,9-10,25H2,1-2H3/b7-5+. The van der Waals surface area contributed by atoms with Crippen LogP contribution in [0.5, 0.6) is 5.75 Å². The molecular weight excluding hydrogens is 359 g/mol. The van der Waals surface area contributed by atoms with Crippen LogP contribution in [0.4, 0.5) is 8.71 Å². The van der Waals surface area contributed by atoms with Gasteiger partial charge < -0.3 is 23.8 Å². The molecule has 143 valence electrons. The Bertz CT molecular complexity index is 1070. The van der Waals surface area contributed by atoms with Gasteiger partial charge in [-0.15, -0.1) is 0 Å². The molecule has 0 atom stereocenters. The zero-order valence-corrected chi connectivity index (χ0v) is 15.8. The van der Waals surface area contributed by atoms with Gasteiger partial charge in [-0.2, -0.15) is 0 Å². The van der Waals surface area contributed by atoms with E-state index in [9.17, 15) is 4.39 Å². The Kier molecular flexibility index (Phi) is 4.77. The number of nitrogens with two attached hydrogens (primary N) is 1. The first-order valence-electron chi connectivity index (χ1n) is 9.16. The number of allylic oxidation sites excluding steroid dienone is 2. The Morgan fingerprint density at radius 3 is 2.86 bits per heavy atom. The normalized spacial score (nSPS) is 16.0. The number of hydrogen-bond donors (Lipinski definition) is 1. The van der Waals surface area contributed by atoms with Crippen molar-refractivity contribution in [3.8, 4) is 5.75 Å². The lowest BCUT2D eigenvalue weighted by Crippen LogP contribution is -2.39. The third-order valence-corrected chi connectivity index (χ3v) is 5.09. The average molecular weight is 380 g/mol. The van der Waals surface area contributed by atoms with E-state index < -0.39 is 13.1 Å². The first kappa shape index (κ1) is 18.4. The molecule has 0 amide bonds. The highest BCUT2D eigenvalue weighted by atomic mass is 19.1. The maximum Gasteiger partial charge on any atom is 0.533 e. The summed E-state index contributed by atoms with van der Waals surface area (Å²) in [4.78, 5) is 0. The van der Waals surface area contributed by atoms with E-state index in [1.54, 1.807) is 27.3 Å². The van der Waals surface area contributed by atoms with E-state index in [-0.39, 0.29) is 5.75 Å². The van der Waals surface area contributed by atoms with Crippen molar-refractivity contribution in [2.24, 2.45) is 5.73 Å². The van der Waals surface area contributed by atoms with Crippen LogP contribution in [0.3, 0.4) is 0 Å². The van der Waals surface area contributed by atoms with Crippen molar-refractivity contribution >= 4 is 31.2 Å². The van der Waals surface area contributed by atoms with Crippen molar-refractivity contribution in [2.45, 2.75) is 13.3 Å². The third-order valence-electron chi connectivity index (χ3n) is 5.09. The lowest BCUT2D eigenvalue weighted by atomic mass is 9.91. The van der Waals surface area contributed by atoms with E-state index in [1.165, 1.54) is 13.2 Å². The number of hydrogen-bond acceptors (Lipinski definition) is 2. The molecule has 4 rings (SSSR count). The number of fused-ring (bicyclic) bond motifs is 2. The molecule has 2 aliphatic heterocycles. The molecule has 1 radical (unpaired) electrons. The average Bonchev–Trinajstić information content (AvgIpc) is 3.30. The van der Waals surface area contributed by atoms with Gasteiger partial charge in [-0.3, -0.25) is 0 Å². The Morgan fingerprint density at radius 2 is 2.11 bits per heavy atom. The molecule has 2 N–H and O–H groups in total. The molecule has 7 heteroatoms. The first-order valence-corrected chi connectivity index (χ1v) is 9.16. The lowest BCUT2D eigenvalue weighted by Gasteiger charge is -2.30. The highest BCUT2D eigenvalue weighted by molar-refractivity contribution is 6.43. The number of nitrogens with zero attached hydrogens (tertiary/aromatic N) is 2. The minimum atomic E-state index is -1.34. The van der Waals surface area contributed by atoms with Gasteiger partial charge in [0.25, 0.3) is 0 Å². The molecule has 0 fully saturated rings. The number of methoxy groups -OCH3 is 1. The molecule has 0 saturated heterocycles. The fourth-order valence-corrected chi connectivity index (χ4v) is 3.85. The van der Waals surface area contributed by atoms with Crippen LogP contribution in [0.1, 0.15) is 28.9 Å². The smallest absolute Gasteiger partial charge is 0.494 e. The second kappa shape index (κ2) is 7.24. The van der Waals surface area contributed by atoms with E-state index >= 15 is 4.32 Å². The van der Waals surface area contributed by atoms with Crippen LogP contribution >= 0.6 is 0 Å². The molecule has 0 aliphatic carbocycles. The number of rotatable bonds is 5. The van der Waals surface area contributed by atoms with Crippen LogP contribution in [-0.2, 0) is 0 Å². The Labute approximate surface area is 163 Å². The highest BCUT2D eigenvalue weighted by Crippen LogP contribution is 2.35. The van der Waals surface area contributed by atoms with Gasteiger partial charge in [0, 0.05) is 29.1 Å². The Hall–Kier alpha value is -2.93. The summed E-state index contributed by atoms with van der Waals surface area (Å²) >= 11 is 0. The van der Waals surface area contributed by atoms with Crippen molar-refractivity contribution in [2.75, 3.05) is 13.7 Å². The molecule has 4 nitrogen and oxygen atoms in total. The summed E-state index contributed by atoms with van der Waals surface area (Å²) in [7, 11) is 0.0909. The zero-order chi connectivity index (χ0) is 19.8. The van der Waals surface area contributed by atoms with Gasteiger partial charge in [-0.1, -0.05) is 12.1 Å². The predicted octanol–water partition coefficient (Wildman–Crippen LogP) is 3.64. The van der Waals surface area contributed by atoms with Gasteiger partial charge in [0.15, 0.2) is 17.3 Å². The maximum atomic E-state index is 15.4. The van der Waals surface area contributed by atoms with Gasteiger partial charge in [0.2, 0.25) is 0 Å². The molecule has 0 spiro atoms. The number of ether oxygens (including phenoxy) is 1. The fourth-order valence-electron chi connectivity index (χ4n) is 3.85. The monoisotopic (exact) mass is 380 g/mol. The summed E-state index contributed by atoms with van der Waals surface area (Å²) in [6, 6.07) is 6.59. The summed E-state index contributed by atoms with van der Waals surface area (Å²) in [5.41, 5.74) is 11.1. The van der Waals surface area contributed by atoms with E-state index in [2.05, 4.69) is 0 Å². The van der Waals surface area contributed by atoms with Crippen molar-refractivity contribution < 1.29 is 17.9 Å². The van der Waals surface area contributed by atoms with Crippen LogP contribution in [0, 0.1) is 12.7 Å². The van der Waals surface area contributed by atoms with E-state index in [4.69, 9.17) is 10.5 Å². The molecule has 28 heavy (non-hydrogen) atoms. The van der Waals surface area contributed by atoms with Gasteiger partial charge >= 0.3 is 7.26 Å². The summed E-state index contributed by atoms with van der Waals surface area (Å²) in [6.45, 7) is 2.47. The van der Waals surface area contributed by atoms with Gasteiger partial charge in [0.05, 0.1) is 7.11 Å². The predicted molar refractivity (Wildman–Crippen MR) is 109 cm³/mol. The molecule has 0 unspecified atom stereocenters. The SMILES string of the molecule is COc1cc(/C=C/c2cc(C)c3n2[B-](F)[N+]2=CC=CC2=C3CCN)ccc1F. The minimum absolute atomic E-state index is 0.175. The molecule has 1 aromatic heterocycles. The van der Waals surface area contributed by atoms with Gasteiger partial charge in [-0.25, -0.2) is 4.39 Å². The van der Waals surface area contributed by atoms with Crippen LogP contribution in [0.25, 0.3) is 17.7 Å². The van der Waals surface area contributed by atoms with Crippen LogP contribution in [0.2, 0.25) is 0 Å². The number of aromatic nitrogens is 1. The highest BCUT2D eigenvalue weighted by Gasteiger charge is 2.34. The molecule has 2 aliphatic rings. The number of benzene rings is 1. The van der Waals surface area contributed by atoms with E-state index in [0.717, 1.165) is 33.8 Å². The maximum absolute atomic E-state index is 15.4. The summed E-state index contributed by atoms with van der Waals surface area (Å²) in [6.07, 6.45) is 9.84. The lowest BCUT2D eigenvalue weighted by molar-refractivity contribution is -0.329. The number of halogens is 2. The summed E-state index contributed by atoms with van der Waals surface area (Å²) in [5.74, 6) is -0.241. The largest absolute Gasteiger partial charge is 0.533 e. The molecule has 0 saturated carbocycles. The van der Waals surface area contributed by atoms with Crippen LogP contribution in [-0.4, -0.2) is 36.1 Å². The second-order valence-corrected chi connectivity index (χ2v) is 6.83. The fraction of sp³-hybridized carbons (Fsp3) is 0.190. The van der Waals surface area contributed by atoms with Crippen molar-refractivity contribution in [1.82, 2.24) is 4.48 Å². The third kappa shape index (κ3) is 2.92. The molecule has 2 aromatic rings. The van der Waals surface area contributed by atoms with Crippen LogP contribution < -0.4 is 10.5 Å². The minimum Gasteiger partial charge on any atom is -0.494 e. The van der Waals surface area contributed by atoms with Crippen molar-refractivity contribution in [3.63, 3.8) is 0 Å². The quantitative estimate of drug-likeness (QED) is 0.805. The number of aryl methyl sites for hydroxylation is 1. The molecule has 3 heterocycles. The Morgan fingerprint density at radius 1 is 1.29 bits per heavy atom. The van der Waals surface area contributed by atoms with E-state index in [1.807, 2.05) is 37.3 Å². The second-order valence-electron chi connectivity index (χ2n) is 6.83. The van der Waals surface area contributed by atoms with Crippen LogP contribution in [0.15, 0.2) is 42.1 Å². The topological polar surface area (TPSA) is 43.2 Å². The van der Waals surface area contributed by atoms with Crippen molar-refractivity contribution in [1.29, 1.82) is 0 Å².